The number of para-hydroxylation sites is 1. The van der Waals surface area contributed by atoms with Crippen LogP contribution in [0.3, 0.4) is 0 Å². The monoisotopic (exact) mass is 540 g/mol. The Morgan fingerprint density at radius 2 is 1.84 bits per heavy atom. The van der Waals surface area contributed by atoms with Crippen LogP contribution in [-0.4, -0.2) is 41.4 Å². The number of nitrogens with zero attached hydrogens (tertiary/aromatic N) is 2. The van der Waals surface area contributed by atoms with Gasteiger partial charge in [0.05, 0.1) is 27.7 Å². The Kier molecular flexibility index (Phi) is 12.3. The first-order valence-electron chi connectivity index (χ1n) is 14.4. The molecule has 1 aromatic heterocycles. The molecular weight excluding hydrogens is 492 g/mol. The zero-order valence-corrected chi connectivity index (χ0v) is 24.8. The van der Waals surface area contributed by atoms with E-state index >= 15 is 0 Å². The Bertz CT molecular complexity index is 1040. The number of nitrogens with one attached hydrogen (secondary N) is 2. The van der Waals surface area contributed by atoms with Crippen molar-refractivity contribution in [3.63, 3.8) is 0 Å². The minimum Gasteiger partial charge on any atom is -0.372 e. The summed E-state index contributed by atoms with van der Waals surface area (Å²) >= 11 is 1.73. The van der Waals surface area contributed by atoms with E-state index in [9.17, 15) is 5.11 Å². The number of ether oxygens (including phenoxy) is 1. The molecule has 0 aliphatic heterocycles. The molecule has 2 saturated carbocycles. The molecule has 1 aromatic carbocycles. The number of methoxy groups -OCH3 is 1. The first kappa shape index (κ1) is 30.3. The number of benzene rings is 1. The molecule has 2 fully saturated rings. The van der Waals surface area contributed by atoms with Gasteiger partial charge in [0.15, 0.2) is 5.79 Å². The molecule has 1 heterocycles. The average Bonchev–Trinajstić information content (AvgIpc) is 3.57. The van der Waals surface area contributed by atoms with E-state index in [-0.39, 0.29) is 0 Å². The fourth-order valence-corrected chi connectivity index (χ4v) is 6.14. The molecule has 0 atom stereocenters. The van der Waals surface area contributed by atoms with Gasteiger partial charge in [-0.25, -0.2) is 4.98 Å². The normalized spacial score (nSPS) is 17.6. The number of unbranched alkanes of at least 4 members (excludes halogenated alkanes) is 2. The molecule has 3 N–H and O–H groups in total. The third kappa shape index (κ3) is 9.21. The Morgan fingerprint density at radius 1 is 1.13 bits per heavy atom. The highest BCUT2D eigenvalue weighted by molar-refractivity contribution is 7.19. The SMILES string of the molecule is C=C(NCCCCC)NC(=NC1CCCC1)C(=C(C)C)c1nc2ccccc2s1.COC1(O)CCCCC1. The van der Waals surface area contributed by atoms with E-state index in [1.807, 2.05) is 6.07 Å². The molecule has 0 amide bonds. The maximum absolute atomic E-state index is 9.46. The maximum atomic E-state index is 9.46. The number of hydrogen-bond donors (Lipinski definition) is 3. The molecule has 2 aliphatic carbocycles. The fraction of sp³-hybridized carbons (Fsp3) is 0.613. The van der Waals surface area contributed by atoms with Crippen molar-refractivity contribution in [3.8, 4) is 0 Å². The van der Waals surface area contributed by atoms with Gasteiger partial charge in [-0.05, 0) is 58.1 Å². The van der Waals surface area contributed by atoms with E-state index in [1.54, 1.807) is 18.4 Å². The molecule has 38 heavy (non-hydrogen) atoms. The average molecular weight is 541 g/mol. The van der Waals surface area contributed by atoms with Crippen molar-refractivity contribution in [2.24, 2.45) is 4.99 Å². The maximum Gasteiger partial charge on any atom is 0.165 e. The van der Waals surface area contributed by atoms with Crippen molar-refractivity contribution in [2.45, 2.75) is 110 Å². The number of thiazole rings is 1. The molecule has 0 spiro atoms. The quantitative estimate of drug-likeness (QED) is 0.125. The van der Waals surface area contributed by atoms with Crippen molar-refractivity contribution >= 4 is 33.0 Å². The van der Waals surface area contributed by atoms with Crippen molar-refractivity contribution in [1.82, 2.24) is 15.6 Å². The van der Waals surface area contributed by atoms with E-state index in [1.165, 1.54) is 42.4 Å². The zero-order valence-electron chi connectivity index (χ0n) is 23.9. The van der Waals surface area contributed by atoms with Crippen LogP contribution >= 0.6 is 11.3 Å². The third-order valence-corrected chi connectivity index (χ3v) is 8.34. The fourth-order valence-electron chi connectivity index (χ4n) is 5.02. The number of allylic oxidation sites excluding steroid dienone is 1. The van der Waals surface area contributed by atoms with Crippen molar-refractivity contribution in [1.29, 1.82) is 0 Å². The van der Waals surface area contributed by atoms with Crippen LogP contribution in [0.15, 0.2) is 47.2 Å². The van der Waals surface area contributed by atoms with Crippen LogP contribution in [0, 0.1) is 0 Å². The Balaban J connectivity index is 0.000000375. The van der Waals surface area contributed by atoms with Crippen LogP contribution < -0.4 is 10.6 Å². The van der Waals surface area contributed by atoms with E-state index in [4.69, 9.17) is 14.7 Å². The Labute approximate surface area is 233 Å². The summed E-state index contributed by atoms with van der Waals surface area (Å²) in [6.07, 6.45) is 13.5. The number of rotatable bonds is 10. The van der Waals surface area contributed by atoms with Gasteiger partial charge in [-0.1, -0.05) is 63.3 Å². The summed E-state index contributed by atoms with van der Waals surface area (Å²) in [6, 6.07) is 8.71. The summed E-state index contributed by atoms with van der Waals surface area (Å²) in [4.78, 5) is 10.1. The molecule has 210 valence electrons. The lowest BCUT2D eigenvalue weighted by molar-refractivity contribution is -0.202. The van der Waals surface area contributed by atoms with Crippen LogP contribution in [0.2, 0.25) is 0 Å². The first-order valence-corrected chi connectivity index (χ1v) is 15.3. The van der Waals surface area contributed by atoms with Gasteiger partial charge in [-0.2, -0.15) is 0 Å². The van der Waals surface area contributed by atoms with Crippen molar-refractivity contribution in [2.75, 3.05) is 13.7 Å². The molecule has 2 aromatic rings. The molecule has 4 rings (SSSR count). The number of hydrogen-bond acceptors (Lipinski definition) is 6. The van der Waals surface area contributed by atoms with Crippen molar-refractivity contribution in [3.05, 3.63) is 47.2 Å². The molecule has 2 aliphatic rings. The van der Waals surface area contributed by atoms with Gasteiger partial charge < -0.3 is 20.5 Å². The minimum atomic E-state index is -0.780. The molecular formula is C31H48N4O2S. The number of aliphatic imine (C=N–C) groups is 1. The summed E-state index contributed by atoms with van der Waals surface area (Å²) in [5.41, 5.74) is 3.37. The van der Waals surface area contributed by atoms with Gasteiger partial charge in [0.25, 0.3) is 0 Å². The number of amidine groups is 1. The lowest BCUT2D eigenvalue weighted by Gasteiger charge is -2.29. The molecule has 0 saturated heterocycles. The second kappa shape index (κ2) is 15.4. The number of aromatic nitrogens is 1. The van der Waals surface area contributed by atoms with Gasteiger partial charge in [0.2, 0.25) is 0 Å². The van der Waals surface area contributed by atoms with E-state index in [0.717, 1.165) is 79.2 Å². The molecule has 0 bridgehead atoms. The predicted octanol–water partition coefficient (Wildman–Crippen LogP) is 7.56. The van der Waals surface area contributed by atoms with Gasteiger partial charge >= 0.3 is 0 Å². The van der Waals surface area contributed by atoms with Crippen LogP contribution in [0.25, 0.3) is 15.8 Å². The predicted molar refractivity (Wildman–Crippen MR) is 162 cm³/mol. The van der Waals surface area contributed by atoms with Crippen LogP contribution in [0.5, 0.6) is 0 Å². The molecule has 0 unspecified atom stereocenters. The first-order chi connectivity index (χ1) is 18.3. The summed E-state index contributed by atoms with van der Waals surface area (Å²) in [5.74, 6) is 0.944. The van der Waals surface area contributed by atoms with E-state index in [2.05, 4.69) is 56.2 Å². The zero-order chi connectivity index (χ0) is 27.4. The number of fused-ring (bicyclic) bond motifs is 1. The highest BCUT2D eigenvalue weighted by atomic mass is 32.1. The summed E-state index contributed by atoms with van der Waals surface area (Å²) in [5, 5.41) is 17.4. The Hall–Kier alpha value is -2.22. The van der Waals surface area contributed by atoms with Gasteiger partial charge in [0.1, 0.15) is 10.8 Å². The minimum absolute atomic E-state index is 0.383. The standard InChI is InChI=1S/C24H34N4S.C7H14O2/c1-5-6-11-16-25-18(4)26-23(27-19-12-7-8-13-19)22(17(2)3)24-28-20-14-9-10-15-21(20)29-24;1-9-7(8)5-3-2-4-6-7/h9-10,14-15,19,25H,4-8,11-13,16H2,1-3H3,(H,26,27);8H,2-6H2,1H3. The third-order valence-electron chi connectivity index (χ3n) is 7.28. The summed E-state index contributed by atoms with van der Waals surface area (Å²) in [6.45, 7) is 11.6. The Morgan fingerprint density at radius 3 is 2.45 bits per heavy atom. The topological polar surface area (TPSA) is 78.8 Å². The van der Waals surface area contributed by atoms with Crippen LogP contribution in [-0.2, 0) is 4.74 Å². The molecule has 6 nitrogen and oxygen atoms in total. The van der Waals surface area contributed by atoms with Gasteiger partial charge in [0, 0.05) is 26.5 Å². The van der Waals surface area contributed by atoms with Gasteiger partial charge in [-0.15, -0.1) is 11.3 Å². The van der Waals surface area contributed by atoms with Crippen LogP contribution in [0.4, 0.5) is 0 Å². The highest BCUT2D eigenvalue weighted by Crippen LogP contribution is 2.31. The largest absolute Gasteiger partial charge is 0.372 e. The number of aliphatic hydroxyl groups is 1. The molecule has 0 radical (unpaired) electrons. The van der Waals surface area contributed by atoms with E-state index < -0.39 is 5.79 Å². The summed E-state index contributed by atoms with van der Waals surface area (Å²) < 4.78 is 6.14. The highest BCUT2D eigenvalue weighted by Gasteiger charge is 2.28. The van der Waals surface area contributed by atoms with Gasteiger partial charge in [-0.3, -0.25) is 4.99 Å². The summed E-state index contributed by atoms with van der Waals surface area (Å²) in [7, 11) is 1.57. The van der Waals surface area contributed by atoms with Crippen molar-refractivity contribution < 1.29 is 9.84 Å². The smallest absolute Gasteiger partial charge is 0.165 e. The lowest BCUT2D eigenvalue weighted by atomic mass is 9.94. The second-order valence-electron chi connectivity index (χ2n) is 10.7. The lowest BCUT2D eigenvalue weighted by Crippen LogP contribution is -2.33. The second-order valence-corrected chi connectivity index (χ2v) is 11.8. The van der Waals surface area contributed by atoms with E-state index in [0.29, 0.717) is 6.04 Å². The molecule has 7 heteroatoms. The van der Waals surface area contributed by atoms with Crippen LogP contribution in [0.1, 0.15) is 103 Å².